The number of aromatic carboxylic acids is 1. The molecule has 2 N–H and O–H groups in total. The Labute approximate surface area is 184 Å². The van der Waals surface area contributed by atoms with Gasteiger partial charge in [0.05, 0.1) is 17.2 Å². The van der Waals surface area contributed by atoms with Crippen LogP contribution in [0.1, 0.15) is 29.3 Å². The van der Waals surface area contributed by atoms with E-state index in [2.05, 4.69) is 11.6 Å². The van der Waals surface area contributed by atoms with Crippen molar-refractivity contribution in [1.82, 2.24) is 4.90 Å². The summed E-state index contributed by atoms with van der Waals surface area (Å²) in [7, 11) is 0. The Balaban J connectivity index is 1.95. The number of carbonyl (C=O) groups is 2. The predicted octanol–water partition coefficient (Wildman–Crippen LogP) is 4.67. The van der Waals surface area contributed by atoms with Crippen LogP contribution in [0, 0.1) is 0 Å². The van der Waals surface area contributed by atoms with E-state index in [4.69, 9.17) is 9.84 Å². The monoisotopic (exact) mass is 438 g/mol. The second kappa shape index (κ2) is 9.99. The zero-order valence-electron chi connectivity index (χ0n) is 16.9. The lowest BCUT2D eigenvalue weighted by Gasteiger charge is -2.12. The Bertz CT molecular complexity index is 1080. The molecule has 1 saturated heterocycles. The lowest BCUT2D eigenvalue weighted by molar-refractivity contribution is -0.121. The number of hydrogen-bond donors (Lipinski definition) is 2. The number of carboxylic acids is 1. The molecule has 1 fully saturated rings. The molecule has 0 bridgehead atoms. The number of nitrogens with zero attached hydrogens (tertiary/aromatic N) is 2. The molecule has 3 rings (SSSR count). The molecule has 0 aliphatic carbocycles. The number of rotatable bonds is 8. The van der Waals surface area contributed by atoms with Gasteiger partial charge in [-0.05, 0) is 42.5 Å². The molecule has 0 saturated carbocycles. The maximum absolute atomic E-state index is 13.0. The normalized spacial score (nSPS) is 16.2. The van der Waals surface area contributed by atoms with Crippen LogP contribution in [-0.2, 0) is 4.79 Å². The van der Waals surface area contributed by atoms with Crippen molar-refractivity contribution >= 4 is 40.6 Å². The summed E-state index contributed by atoms with van der Waals surface area (Å²) in [6.07, 6.45) is 4.23. The Morgan fingerprint density at radius 3 is 2.74 bits per heavy atom. The number of thioether (sulfide) groups is 1. The van der Waals surface area contributed by atoms with E-state index in [1.54, 1.807) is 12.2 Å². The van der Waals surface area contributed by atoms with Gasteiger partial charge in [0.1, 0.15) is 17.1 Å². The third-order valence-corrected chi connectivity index (χ3v) is 5.31. The van der Waals surface area contributed by atoms with Crippen molar-refractivity contribution in [2.45, 2.75) is 13.3 Å². The standard InChI is InChI=1S/C23H22N2O5S/c1-3-11-25-21(27)20(13-15-7-5-6-8-19(15)30-12-4-2)31-23(25)24-16-9-10-17(22(28)29)18(26)14-16/h3,5-10,13-14,26H,1,4,11-12H2,2H3,(H,28,29)/b20-13-,24-23?. The molecule has 31 heavy (non-hydrogen) atoms. The fraction of sp³-hybridized carbons (Fsp3) is 0.174. The van der Waals surface area contributed by atoms with Crippen molar-refractivity contribution in [1.29, 1.82) is 0 Å². The largest absolute Gasteiger partial charge is 0.507 e. The molecule has 0 radical (unpaired) electrons. The number of para-hydroxylation sites is 1. The van der Waals surface area contributed by atoms with Crippen LogP contribution in [0.25, 0.3) is 6.08 Å². The van der Waals surface area contributed by atoms with Gasteiger partial charge in [-0.25, -0.2) is 9.79 Å². The van der Waals surface area contributed by atoms with Crippen LogP contribution in [0.2, 0.25) is 0 Å². The van der Waals surface area contributed by atoms with Gasteiger partial charge < -0.3 is 14.9 Å². The van der Waals surface area contributed by atoms with E-state index < -0.39 is 11.7 Å². The van der Waals surface area contributed by atoms with Crippen molar-refractivity contribution in [2.75, 3.05) is 13.2 Å². The van der Waals surface area contributed by atoms with E-state index in [-0.39, 0.29) is 18.0 Å². The topological polar surface area (TPSA) is 99.4 Å². The zero-order chi connectivity index (χ0) is 22.4. The van der Waals surface area contributed by atoms with Crippen LogP contribution in [0.4, 0.5) is 5.69 Å². The van der Waals surface area contributed by atoms with E-state index in [1.807, 2.05) is 31.2 Å². The van der Waals surface area contributed by atoms with Gasteiger partial charge >= 0.3 is 5.97 Å². The summed E-state index contributed by atoms with van der Waals surface area (Å²) >= 11 is 1.19. The average molecular weight is 439 g/mol. The number of amides is 1. The van der Waals surface area contributed by atoms with Crippen molar-refractivity contribution in [3.05, 3.63) is 71.2 Å². The highest BCUT2D eigenvalue weighted by Crippen LogP contribution is 2.36. The first-order chi connectivity index (χ1) is 14.9. The Kier molecular flexibility index (Phi) is 7.15. The van der Waals surface area contributed by atoms with Crippen LogP contribution in [0.5, 0.6) is 11.5 Å². The van der Waals surface area contributed by atoms with Crippen LogP contribution in [0.3, 0.4) is 0 Å². The summed E-state index contributed by atoms with van der Waals surface area (Å²) in [6.45, 7) is 6.56. The SMILES string of the molecule is C=CCN1C(=O)/C(=C/c2ccccc2OCCC)SC1=Nc1ccc(C(=O)O)c(O)c1. The molecule has 2 aromatic rings. The summed E-state index contributed by atoms with van der Waals surface area (Å²) in [4.78, 5) is 30.5. The second-order valence-electron chi connectivity index (χ2n) is 6.60. The Morgan fingerprint density at radius 2 is 2.06 bits per heavy atom. The lowest BCUT2D eigenvalue weighted by Crippen LogP contribution is -2.29. The molecular formula is C23H22N2O5S. The molecule has 2 aromatic carbocycles. The lowest BCUT2D eigenvalue weighted by atomic mass is 10.2. The second-order valence-corrected chi connectivity index (χ2v) is 7.61. The van der Waals surface area contributed by atoms with E-state index in [0.29, 0.717) is 28.1 Å². The molecular weight excluding hydrogens is 416 g/mol. The van der Waals surface area contributed by atoms with Crippen molar-refractivity contribution in [3.8, 4) is 11.5 Å². The highest BCUT2D eigenvalue weighted by molar-refractivity contribution is 8.18. The van der Waals surface area contributed by atoms with Gasteiger partial charge in [0, 0.05) is 18.2 Å². The van der Waals surface area contributed by atoms with Crippen LogP contribution in [0.15, 0.2) is 65.0 Å². The van der Waals surface area contributed by atoms with E-state index >= 15 is 0 Å². The maximum Gasteiger partial charge on any atom is 0.339 e. The van der Waals surface area contributed by atoms with Crippen LogP contribution in [-0.4, -0.2) is 45.3 Å². The molecule has 1 heterocycles. The van der Waals surface area contributed by atoms with E-state index in [9.17, 15) is 14.7 Å². The van der Waals surface area contributed by atoms with Gasteiger partial charge in [-0.15, -0.1) is 6.58 Å². The Morgan fingerprint density at radius 1 is 1.29 bits per heavy atom. The van der Waals surface area contributed by atoms with Gasteiger partial charge in [0.25, 0.3) is 5.91 Å². The predicted molar refractivity (Wildman–Crippen MR) is 122 cm³/mol. The van der Waals surface area contributed by atoms with Crippen LogP contribution >= 0.6 is 11.8 Å². The minimum atomic E-state index is -1.23. The first-order valence-electron chi connectivity index (χ1n) is 9.63. The third kappa shape index (κ3) is 5.16. The number of hydrogen-bond acceptors (Lipinski definition) is 6. The van der Waals surface area contributed by atoms with Gasteiger partial charge in [-0.1, -0.05) is 31.2 Å². The van der Waals surface area contributed by atoms with Crippen molar-refractivity contribution in [3.63, 3.8) is 0 Å². The molecule has 0 aromatic heterocycles. The average Bonchev–Trinajstić information content (AvgIpc) is 3.02. The summed E-state index contributed by atoms with van der Waals surface area (Å²) in [6, 6.07) is 11.5. The number of ether oxygens (including phenoxy) is 1. The number of benzene rings is 2. The molecule has 1 amide bonds. The summed E-state index contributed by atoms with van der Waals surface area (Å²) in [5.74, 6) is -1.15. The number of phenols is 1. The number of carbonyl (C=O) groups excluding carboxylic acids is 1. The summed E-state index contributed by atoms with van der Waals surface area (Å²) < 4.78 is 5.77. The van der Waals surface area contributed by atoms with Crippen LogP contribution < -0.4 is 4.74 Å². The fourth-order valence-corrected chi connectivity index (χ4v) is 3.85. The smallest absolute Gasteiger partial charge is 0.339 e. The molecule has 0 atom stereocenters. The van der Waals surface area contributed by atoms with Gasteiger partial charge in [-0.2, -0.15) is 0 Å². The van der Waals surface area contributed by atoms with Crippen molar-refractivity contribution < 1.29 is 24.5 Å². The minimum absolute atomic E-state index is 0.216. The summed E-state index contributed by atoms with van der Waals surface area (Å²) in [5, 5.41) is 19.4. The number of amidine groups is 1. The molecule has 7 nitrogen and oxygen atoms in total. The number of aliphatic imine (C=N–C) groups is 1. The Hall–Kier alpha value is -3.52. The van der Waals surface area contributed by atoms with Crippen molar-refractivity contribution in [2.24, 2.45) is 4.99 Å². The van der Waals surface area contributed by atoms with E-state index in [1.165, 1.54) is 34.9 Å². The minimum Gasteiger partial charge on any atom is -0.507 e. The zero-order valence-corrected chi connectivity index (χ0v) is 17.8. The van der Waals surface area contributed by atoms with Gasteiger partial charge in [-0.3, -0.25) is 9.69 Å². The highest BCUT2D eigenvalue weighted by Gasteiger charge is 2.33. The fourth-order valence-electron chi connectivity index (χ4n) is 2.85. The number of carboxylic acid groups (broad SMARTS) is 1. The third-order valence-electron chi connectivity index (χ3n) is 4.30. The van der Waals surface area contributed by atoms with Gasteiger partial charge in [0.2, 0.25) is 0 Å². The summed E-state index contributed by atoms with van der Waals surface area (Å²) in [5.41, 5.74) is 0.904. The number of aromatic hydroxyl groups is 1. The van der Waals surface area contributed by atoms with Gasteiger partial charge in [0.15, 0.2) is 5.17 Å². The quantitative estimate of drug-likeness (QED) is 0.459. The molecule has 8 heteroatoms. The molecule has 1 aliphatic rings. The molecule has 0 spiro atoms. The molecule has 0 unspecified atom stereocenters. The first kappa shape index (κ1) is 22.2. The molecule has 160 valence electrons. The molecule has 1 aliphatic heterocycles. The maximum atomic E-state index is 13.0. The van der Waals surface area contributed by atoms with E-state index in [0.717, 1.165) is 12.0 Å². The first-order valence-corrected chi connectivity index (χ1v) is 10.4. The highest BCUT2D eigenvalue weighted by atomic mass is 32.2.